The van der Waals surface area contributed by atoms with E-state index >= 15 is 0 Å². The average molecular weight is 280 g/mol. The lowest BCUT2D eigenvalue weighted by atomic mass is 9.85. The second-order valence-corrected chi connectivity index (χ2v) is 10.5. The fourth-order valence-electron chi connectivity index (χ4n) is 1.96. The maximum atomic E-state index is 10.7. The Morgan fingerprint density at radius 3 is 2.00 bits per heavy atom. The number of aryl methyl sites for hydroxylation is 1. The van der Waals surface area contributed by atoms with E-state index in [-0.39, 0.29) is 16.4 Å². The Kier molecular flexibility index (Phi) is 4.86. The van der Waals surface area contributed by atoms with Crippen LogP contribution in [0.4, 0.5) is 0 Å². The topological polar surface area (TPSA) is 20.2 Å². The molecule has 0 saturated carbocycles. The lowest BCUT2D eigenvalue weighted by Gasteiger charge is -2.33. The number of hydrogen-bond donors (Lipinski definition) is 1. The quantitative estimate of drug-likeness (QED) is 0.739. The van der Waals surface area contributed by atoms with Crippen molar-refractivity contribution in [2.24, 2.45) is 0 Å². The Morgan fingerprint density at radius 1 is 1.05 bits per heavy atom. The third-order valence-corrected chi connectivity index (χ3v) is 6.98. The zero-order chi connectivity index (χ0) is 15.0. The molecule has 0 aromatic heterocycles. The first-order valence-corrected chi connectivity index (χ1v) is 8.82. The highest BCUT2D eigenvalue weighted by molar-refractivity contribution is 7.58. The monoisotopic (exact) mass is 280 g/mol. The van der Waals surface area contributed by atoms with Crippen molar-refractivity contribution < 1.29 is 5.11 Å². The number of benzene rings is 1. The molecule has 0 saturated heterocycles. The van der Waals surface area contributed by atoms with E-state index in [0.29, 0.717) is 0 Å². The third-order valence-electron chi connectivity index (χ3n) is 3.85. The van der Waals surface area contributed by atoms with Gasteiger partial charge in [0.2, 0.25) is 0 Å². The maximum absolute atomic E-state index is 10.7. The van der Waals surface area contributed by atoms with E-state index in [4.69, 9.17) is 0 Å². The minimum atomic E-state index is -0.468. The van der Waals surface area contributed by atoms with Gasteiger partial charge in [0.1, 0.15) is 0 Å². The molecule has 0 aliphatic carbocycles. The largest absolute Gasteiger partial charge is 0.384 e. The van der Waals surface area contributed by atoms with E-state index in [1.807, 2.05) is 0 Å². The Balaban J connectivity index is 3.20. The van der Waals surface area contributed by atoms with Crippen molar-refractivity contribution in [3.63, 3.8) is 0 Å². The van der Waals surface area contributed by atoms with Gasteiger partial charge in [-0.3, -0.25) is 0 Å². The second-order valence-electron chi connectivity index (χ2n) is 7.48. The molecule has 2 atom stereocenters. The van der Waals surface area contributed by atoms with Gasteiger partial charge in [-0.2, -0.15) is 0 Å². The predicted octanol–water partition coefficient (Wildman–Crippen LogP) is 5.19. The van der Waals surface area contributed by atoms with Crippen LogP contribution in [-0.4, -0.2) is 16.9 Å². The number of hydrogen-bond acceptors (Lipinski definition) is 1. The maximum Gasteiger partial charge on any atom is 0.0983 e. The van der Waals surface area contributed by atoms with Gasteiger partial charge < -0.3 is 5.11 Å². The summed E-state index contributed by atoms with van der Waals surface area (Å²) in [4.78, 5) is 0. The van der Waals surface area contributed by atoms with Crippen molar-refractivity contribution in [3.05, 3.63) is 34.9 Å². The highest BCUT2D eigenvalue weighted by Crippen LogP contribution is 2.56. The summed E-state index contributed by atoms with van der Waals surface area (Å²) in [5.74, 6) is -0.336. The third kappa shape index (κ3) is 4.04. The molecule has 0 aliphatic heterocycles. The molecule has 0 spiro atoms. The number of rotatable bonds is 2. The fourth-order valence-corrected chi connectivity index (χ4v) is 3.39. The van der Waals surface area contributed by atoms with Gasteiger partial charge >= 0.3 is 0 Å². The summed E-state index contributed by atoms with van der Waals surface area (Å²) in [6.07, 6.45) is 0. The predicted molar refractivity (Wildman–Crippen MR) is 87.4 cm³/mol. The van der Waals surface area contributed by atoms with E-state index in [1.165, 1.54) is 11.1 Å². The van der Waals surface area contributed by atoms with E-state index in [2.05, 4.69) is 73.3 Å². The smallest absolute Gasteiger partial charge is 0.0983 e. The molecular formula is C17H29OP. The highest BCUT2D eigenvalue weighted by atomic mass is 31.1. The minimum absolute atomic E-state index is 0.125. The van der Waals surface area contributed by atoms with Crippen LogP contribution in [0, 0.1) is 6.92 Å². The summed E-state index contributed by atoms with van der Waals surface area (Å²) >= 11 is 0. The Labute approximate surface area is 120 Å². The van der Waals surface area contributed by atoms with Gasteiger partial charge in [-0.25, -0.2) is 0 Å². The SMILES string of the molecule is Cc1ccc(C(C)(C)C)cc1C(O)P(C)C(C)(C)C. The summed E-state index contributed by atoms with van der Waals surface area (Å²) in [7, 11) is -0.468. The molecule has 0 radical (unpaired) electrons. The zero-order valence-corrected chi connectivity index (χ0v) is 14.6. The van der Waals surface area contributed by atoms with Crippen LogP contribution in [0.3, 0.4) is 0 Å². The normalized spacial score (nSPS) is 16.3. The van der Waals surface area contributed by atoms with Gasteiger partial charge in [0.05, 0.1) is 5.85 Å². The molecule has 108 valence electrons. The van der Waals surface area contributed by atoms with Gasteiger partial charge in [0.25, 0.3) is 0 Å². The van der Waals surface area contributed by atoms with Crippen LogP contribution in [0.5, 0.6) is 0 Å². The van der Waals surface area contributed by atoms with Crippen molar-refractivity contribution >= 4 is 7.92 Å². The first-order valence-electron chi connectivity index (χ1n) is 6.96. The Hall–Kier alpha value is -0.390. The first kappa shape index (κ1) is 16.7. The summed E-state index contributed by atoms with van der Waals surface area (Å²) in [6, 6.07) is 6.52. The standard InChI is InChI=1S/C17H29OP/c1-12-9-10-13(16(2,3)4)11-14(12)15(18)19(8)17(5,6)7/h9-11,15,18H,1-8H3. The van der Waals surface area contributed by atoms with Gasteiger partial charge in [0, 0.05) is 0 Å². The number of aliphatic hydroxyl groups is 1. The van der Waals surface area contributed by atoms with Gasteiger partial charge in [-0.15, -0.1) is 0 Å². The average Bonchev–Trinajstić information content (AvgIpc) is 2.25. The zero-order valence-electron chi connectivity index (χ0n) is 13.7. The fraction of sp³-hybridized carbons (Fsp3) is 0.647. The molecular weight excluding hydrogens is 251 g/mol. The summed E-state index contributed by atoms with van der Waals surface area (Å²) in [5, 5.41) is 10.9. The van der Waals surface area contributed by atoms with Gasteiger partial charge in [-0.05, 0) is 40.8 Å². The van der Waals surface area contributed by atoms with Crippen LogP contribution >= 0.6 is 7.92 Å². The van der Waals surface area contributed by atoms with Gasteiger partial charge in [-0.1, -0.05) is 67.7 Å². The van der Waals surface area contributed by atoms with Crippen LogP contribution in [0.25, 0.3) is 0 Å². The van der Waals surface area contributed by atoms with E-state index < -0.39 is 7.92 Å². The van der Waals surface area contributed by atoms with Crippen LogP contribution in [0.2, 0.25) is 0 Å². The molecule has 2 unspecified atom stereocenters. The van der Waals surface area contributed by atoms with Crippen molar-refractivity contribution in [2.45, 2.75) is 64.9 Å². The molecule has 0 fully saturated rings. The number of aliphatic hydroxyl groups excluding tert-OH is 1. The minimum Gasteiger partial charge on any atom is -0.384 e. The molecule has 1 aromatic carbocycles. The van der Waals surface area contributed by atoms with E-state index in [1.54, 1.807) is 0 Å². The van der Waals surface area contributed by atoms with Crippen LogP contribution < -0.4 is 0 Å². The van der Waals surface area contributed by atoms with Crippen LogP contribution in [-0.2, 0) is 5.41 Å². The first-order chi connectivity index (χ1) is 8.44. The molecule has 1 rings (SSSR count). The van der Waals surface area contributed by atoms with Crippen molar-refractivity contribution in [3.8, 4) is 0 Å². The summed E-state index contributed by atoms with van der Waals surface area (Å²) in [5.41, 5.74) is 3.72. The Bertz CT molecular complexity index is 438. The van der Waals surface area contributed by atoms with Crippen molar-refractivity contribution in [1.82, 2.24) is 0 Å². The molecule has 1 N–H and O–H groups in total. The van der Waals surface area contributed by atoms with E-state index in [9.17, 15) is 5.11 Å². The molecule has 0 aliphatic rings. The lowest BCUT2D eigenvalue weighted by Crippen LogP contribution is -2.17. The molecule has 0 bridgehead atoms. The highest BCUT2D eigenvalue weighted by Gasteiger charge is 2.29. The summed E-state index contributed by atoms with van der Waals surface area (Å²) in [6.45, 7) is 17.6. The Morgan fingerprint density at radius 2 is 1.58 bits per heavy atom. The molecule has 19 heavy (non-hydrogen) atoms. The second kappa shape index (κ2) is 5.54. The van der Waals surface area contributed by atoms with Crippen molar-refractivity contribution in [1.29, 1.82) is 0 Å². The van der Waals surface area contributed by atoms with Crippen LogP contribution in [0.1, 0.15) is 64.1 Å². The van der Waals surface area contributed by atoms with Crippen LogP contribution in [0.15, 0.2) is 18.2 Å². The molecule has 2 heteroatoms. The lowest BCUT2D eigenvalue weighted by molar-refractivity contribution is 0.260. The molecule has 1 aromatic rings. The van der Waals surface area contributed by atoms with E-state index in [0.717, 1.165) is 5.56 Å². The summed E-state index contributed by atoms with van der Waals surface area (Å²) < 4.78 is 0. The molecule has 0 amide bonds. The van der Waals surface area contributed by atoms with Gasteiger partial charge in [0.15, 0.2) is 0 Å². The molecule has 1 nitrogen and oxygen atoms in total. The molecule has 0 heterocycles. The van der Waals surface area contributed by atoms with Crippen molar-refractivity contribution in [2.75, 3.05) is 6.66 Å².